The molecule has 1 aliphatic rings. The lowest BCUT2D eigenvalue weighted by molar-refractivity contribution is -0.0671. The second-order valence-electron chi connectivity index (χ2n) is 5.26. The van der Waals surface area contributed by atoms with Crippen LogP contribution in [0.15, 0.2) is 24.3 Å². The molecule has 0 saturated heterocycles. The number of fused-ring (bicyclic) bond motifs is 1. The molecule has 2 unspecified atom stereocenters. The van der Waals surface area contributed by atoms with Crippen molar-refractivity contribution in [2.24, 2.45) is 5.73 Å². The van der Waals surface area contributed by atoms with E-state index in [-0.39, 0.29) is 6.04 Å². The van der Waals surface area contributed by atoms with Crippen LogP contribution in [0.1, 0.15) is 30.0 Å². The quantitative estimate of drug-likeness (QED) is 0.717. The summed E-state index contributed by atoms with van der Waals surface area (Å²) < 4.78 is 5.24. The predicted molar refractivity (Wildman–Crippen MR) is 76.0 cm³/mol. The van der Waals surface area contributed by atoms with Crippen LogP contribution < -0.4 is 11.1 Å². The molecule has 19 heavy (non-hydrogen) atoms. The highest BCUT2D eigenvalue weighted by molar-refractivity contribution is 5.34. The van der Waals surface area contributed by atoms with Crippen molar-refractivity contribution in [2.75, 3.05) is 26.8 Å². The standard InChI is InChI=1S/C15H24N2O2/c1-19-11-15(18,8-4-9-16)14-13-6-3-2-5-12(13)7-10-17-14/h2-3,5-6,14,17-18H,4,7-11,16H2,1H3. The Morgan fingerprint density at radius 1 is 1.47 bits per heavy atom. The first kappa shape index (κ1) is 14.5. The molecule has 0 spiro atoms. The summed E-state index contributed by atoms with van der Waals surface area (Å²) in [6, 6.07) is 8.23. The lowest BCUT2D eigenvalue weighted by atomic mass is 9.81. The van der Waals surface area contributed by atoms with Gasteiger partial charge in [-0.15, -0.1) is 0 Å². The molecule has 106 valence electrons. The van der Waals surface area contributed by atoms with Crippen LogP contribution in [-0.4, -0.2) is 37.5 Å². The number of ether oxygens (including phenoxy) is 1. The summed E-state index contributed by atoms with van der Waals surface area (Å²) in [6.07, 6.45) is 2.44. The summed E-state index contributed by atoms with van der Waals surface area (Å²) >= 11 is 0. The van der Waals surface area contributed by atoms with Gasteiger partial charge >= 0.3 is 0 Å². The van der Waals surface area contributed by atoms with Gasteiger partial charge in [-0.1, -0.05) is 24.3 Å². The molecular weight excluding hydrogens is 240 g/mol. The molecule has 1 aliphatic heterocycles. The van der Waals surface area contributed by atoms with Gasteiger partial charge in [0.05, 0.1) is 12.6 Å². The molecule has 1 aromatic rings. The Hall–Kier alpha value is -0.940. The molecule has 0 radical (unpaired) electrons. The van der Waals surface area contributed by atoms with E-state index in [1.807, 2.05) is 6.07 Å². The summed E-state index contributed by atoms with van der Waals surface area (Å²) in [6.45, 7) is 1.79. The topological polar surface area (TPSA) is 67.5 Å². The van der Waals surface area contributed by atoms with Crippen molar-refractivity contribution in [1.29, 1.82) is 0 Å². The molecule has 1 heterocycles. The maximum absolute atomic E-state index is 11.0. The normalized spacial score (nSPS) is 21.7. The Bertz CT molecular complexity index is 411. The molecule has 4 nitrogen and oxygen atoms in total. The summed E-state index contributed by atoms with van der Waals surface area (Å²) in [7, 11) is 1.63. The first-order chi connectivity index (χ1) is 9.21. The van der Waals surface area contributed by atoms with E-state index >= 15 is 0 Å². The lowest BCUT2D eigenvalue weighted by Crippen LogP contribution is -2.50. The second-order valence-corrected chi connectivity index (χ2v) is 5.26. The molecule has 0 saturated carbocycles. The summed E-state index contributed by atoms with van der Waals surface area (Å²) in [5.74, 6) is 0. The number of nitrogens with two attached hydrogens (primary N) is 1. The number of nitrogens with one attached hydrogen (secondary N) is 1. The maximum Gasteiger partial charge on any atom is 0.107 e. The van der Waals surface area contributed by atoms with E-state index in [9.17, 15) is 5.11 Å². The smallest absolute Gasteiger partial charge is 0.107 e. The highest BCUT2D eigenvalue weighted by atomic mass is 16.5. The van der Waals surface area contributed by atoms with Gasteiger partial charge in [-0.25, -0.2) is 0 Å². The fourth-order valence-electron chi connectivity index (χ4n) is 2.94. The highest BCUT2D eigenvalue weighted by Gasteiger charge is 2.39. The summed E-state index contributed by atoms with van der Waals surface area (Å²) in [5, 5.41) is 14.4. The molecule has 1 aromatic carbocycles. The number of aliphatic hydroxyl groups is 1. The minimum atomic E-state index is -0.898. The van der Waals surface area contributed by atoms with Gasteiger partial charge < -0.3 is 20.9 Å². The van der Waals surface area contributed by atoms with Crippen molar-refractivity contribution in [3.05, 3.63) is 35.4 Å². The van der Waals surface area contributed by atoms with E-state index in [1.54, 1.807) is 7.11 Å². The third-order valence-electron chi connectivity index (χ3n) is 3.85. The van der Waals surface area contributed by atoms with Crippen molar-refractivity contribution in [2.45, 2.75) is 30.9 Å². The molecule has 2 atom stereocenters. The zero-order valence-corrected chi connectivity index (χ0v) is 11.6. The van der Waals surface area contributed by atoms with Gasteiger partial charge in [0.15, 0.2) is 0 Å². The largest absolute Gasteiger partial charge is 0.385 e. The van der Waals surface area contributed by atoms with E-state index in [0.717, 1.165) is 19.4 Å². The van der Waals surface area contributed by atoms with E-state index < -0.39 is 5.60 Å². The molecule has 0 aromatic heterocycles. The molecule has 2 rings (SSSR count). The first-order valence-electron chi connectivity index (χ1n) is 6.94. The van der Waals surface area contributed by atoms with Gasteiger partial charge in [0, 0.05) is 7.11 Å². The van der Waals surface area contributed by atoms with Crippen LogP contribution in [0.3, 0.4) is 0 Å². The Balaban J connectivity index is 2.27. The average Bonchev–Trinajstić information content (AvgIpc) is 2.45. The van der Waals surface area contributed by atoms with E-state index in [4.69, 9.17) is 10.5 Å². The first-order valence-corrected chi connectivity index (χ1v) is 6.94. The minimum absolute atomic E-state index is 0.0797. The highest BCUT2D eigenvalue weighted by Crippen LogP contribution is 2.34. The van der Waals surface area contributed by atoms with Crippen LogP contribution in [0.5, 0.6) is 0 Å². The van der Waals surface area contributed by atoms with Gasteiger partial charge in [-0.05, 0) is 43.5 Å². The Morgan fingerprint density at radius 3 is 3.00 bits per heavy atom. The van der Waals surface area contributed by atoms with Crippen LogP contribution in [0.4, 0.5) is 0 Å². The molecule has 0 aliphatic carbocycles. The number of rotatable bonds is 6. The van der Waals surface area contributed by atoms with Crippen LogP contribution in [-0.2, 0) is 11.2 Å². The zero-order chi connectivity index (χ0) is 13.7. The molecular formula is C15H24N2O2. The van der Waals surface area contributed by atoms with Gasteiger partial charge in [-0.2, -0.15) is 0 Å². The van der Waals surface area contributed by atoms with Crippen molar-refractivity contribution in [3.8, 4) is 0 Å². The van der Waals surface area contributed by atoms with Crippen LogP contribution >= 0.6 is 0 Å². The minimum Gasteiger partial charge on any atom is -0.385 e. The SMILES string of the molecule is COCC(O)(CCCN)C1NCCc2ccccc21. The van der Waals surface area contributed by atoms with Gasteiger partial charge in [0.25, 0.3) is 0 Å². The molecule has 0 fully saturated rings. The van der Waals surface area contributed by atoms with Crippen molar-refractivity contribution in [1.82, 2.24) is 5.32 Å². The van der Waals surface area contributed by atoms with Gasteiger partial charge in [0.1, 0.15) is 5.60 Å². The summed E-state index contributed by atoms with van der Waals surface area (Å²) in [4.78, 5) is 0. The Labute approximate surface area is 115 Å². The zero-order valence-electron chi connectivity index (χ0n) is 11.6. The third kappa shape index (κ3) is 3.15. The van der Waals surface area contributed by atoms with Crippen molar-refractivity contribution < 1.29 is 9.84 Å². The van der Waals surface area contributed by atoms with E-state index in [1.165, 1.54) is 11.1 Å². The van der Waals surface area contributed by atoms with Gasteiger partial charge in [0.2, 0.25) is 0 Å². The van der Waals surface area contributed by atoms with Crippen LogP contribution in [0.2, 0.25) is 0 Å². The Kier molecular flexibility index (Phi) is 4.93. The van der Waals surface area contributed by atoms with Crippen molar-refractivity contribution in [3.63, 3.8) is 0 Å². The number of hydrogen-bond acceptors (Lipinski definition) is 4. The lowest BCUT2D eigenvalue weighted by Gasteiger charge is -2.40. The number of methoxy groups -OCH3 is 1. The Morgan fingerprint density at radius 2 is 2.26 bits per heavy atom. The number of benzene rings is 1. The summed E-state index contributed by atoms with van der Waals surface area (Å²) in [5.41, 5.74) is 7.18. The molecule has 0 bridgehead atoms. The fraction of sp³-hybridized carbons (Fsp3) is 0.600. The number of hydrogen-bond donors (Lipinski definition) is 3. The molecule has 0 amide bonds. The molecule has 4 heteroatoms. The fourth-order valence-corrected chi connectivity index (χ4v) is 2.94. The molecule has 4 N–H and O–H groups in total. The van der Waals surface area contributed by atoms with Gasteiger partial charge in [-0.3, -0.25) is 0 Å². The maximum atomic E-state index is 11.0. The second kappa shape index (κ2) is 6.48. The third-order valence-corrected chi connectivity index (χ3v) is 3.85. The van der Waals surface area contributed by atoms with E-state index in [2.05, 4.69) is 23.5 Å². The predicted octanol–water partition coefficient (Wildman–Crippen LogP) is 0.990. The van der Waals surface area contributed by atoms with Crippen LogP contribution in [0.25, 0.3) is 0 Å². The van der Waals surface area contributed by atoms with Crippen LogP contribution in [0, 0.1) is 0 Å². The monoisotopic (exact) mass is 264 g/mol. The van der Waals surface area contributed by atoms with Crippen molar-refractivity contribution >= 4 is 0 Å². The average molecular weight is 264 g/mol. The van der Waals surface area contributed by atoms with E-state index in [0.29, 0.717) is 19.6 Å².